The van der Waals surface area contributed by atoms with Gasteiger partial charge in [0.15, 0.2) is 5.43 Å². The number of para-hydroxylation sites is 3. The number of anilines is 1. The second-order valence-corrected chi connectivity index (χ2v) is 8.79. The van der Waals surface area contributed by atoms with Crippen LogP contribution in [0.15, 0.2) is 113 Å². The molecule has 4 aromatic carbocycles. The minimum Gasteiger partial charge on any atom is -0.331 e. The Morgan fingerprint density at radius 2 is 1.30 bits per heavy atom. The summed E-state index contributed by atoms with van der Waals surface area (Å²) in [4.78, 5) is 27.1. The van der Waals surface area contributed by atoms with Crippen LogP contribution < -0.4 is 10.7 Å². The smallest absolute Gasteiger partial charge is 0.244 e. The van der Waals surface area contributed by atoms with Gasteiger partial charge in [0.2, 0.25) is 5.91 Å². The van der Waals surface area contributed by atoms with Crippen molar-refractivity contribution in [3.63, 3.8) is 0 Å². The van der Waals surface area contributed by atoms with Crippen LogP contribution in [0.3, 0.4) is 0 Å². The van der Waals surface area contributed by atoms with Crippen molar-refractivity contribution >= 4 is 45.2 Å². The Bertz CT molecular complexity index is 1450. The normalized spacial score (nSPS) is 11.0. The summed E-state index contributed by atoms with van der Waals surface area (Å²) in [6.07, 6.45) is 0. The summed E-state index contributed by atoms with van der Waals surface area (Å²) in [7, 11) is 0. The fraction of sp³-hybridized carbons (Fsp3) is 0.0714. The average molecular weight is 451 g/mol. The van der Waals surface area contributed by atoms with Gasteiger partial charge in [0.05, 0.1) is 16.7 Å². The van der Waals surface area contributed by atoms with Crippen LogP contribution in [-0.2, 0) is 17.1 Å². The van der Waals surface area contributed by atoms with Gasteiger partial charge in [-0.3, -0.25) is 9.59 Å². The molecule has 0 fully saturated rings. The summed E-state index contributed by atoms with van der Waals surface area (Å²) in [6, 6.07) is 33.0. The van der Waals surface area contributed by atoms with Crippen molar-refractivity contribution in [1.82, 2.24) is 4.57 Å². The number of carbonyl (C=O) groups is 1. The molecule has 0 aliphatic carbocycles. The standard InChI is InChI=1S/C28H22N2O2S/c31-27(29-23-14-6-9-17-26(23)33-19-20-10-2-1-3-11-20)18-30-24-15-7-4-12-21(24)28(32)22-13-5-8-16-25(22)30/h1-17H,18-19H2,(H,29,31). The van der Waals surface area contributed by atoms with Crippen LogP contribution in [0.1, 0.15) is 5.56 Å². The van der Waals surface area contributed by atoms with Crippen LogP contribution in [0.2, 0.25) is 0 Å². The molecule has 33 heavy (non-hydrogen) atoms. The van der Waals surface area contributed by atoms with E-state index < -0.39 is 0 Å². The monoisotopic (exact) mass is 450 g/mol. The van der Waals surface area contributed by atoms with E-state index in [2.05, 4.69) is 17.4 Å². The second kappa shape index (κ2) is 9.35. The molecule has 0 saturated carbocycles. The van der Waals surface area contributed by atoms with Crippen LogP contribution in [0.25, 0.3) is 21.8 Å². The number of thioether (sulfide) groups is 1. The van der Waals surface area contributed by atoms with Crippen LogP contribution in [0.5, 0.6) is 0 Å². The zero-order chi connectivity index (χ0) is 22.6. The number of amides is 1. The van der Waals surface area contributed by atoms with Gasteiger partial charge in [-0.25, -0.2) is 0 Å². The predicted molar refractivity (Wildman–Crippen MR) is 137 cm³/mol. The first kappa shape index (κ1) is 21.0. The lowest BCUT2D eigenvalue weighted by Gasteiger charge is -2.16. The Hall–Kier alpha value is -3.83. The van der Waals surface area contributed by atoms with Gasteiger partial charge in [0.1, 0.15) is 6.54 Å². The number of fused-ring (bicyclic) bond motifs is 2. The lowest BCUT2D eigenvalue weighted by Crippen LogP contribution is -2.21. The molecular formula is C28H22N2O2S. The lowest BCUT2D eigenvalue weighted by molar-refractivity contribution is -0.116. The van der Waals surface area contributed by atoms with E-state index in [9.17, 15) is 9.59 Å². The summed E-state index contributed by atoms with van der Waals surface area (Å²) in [5, 5.41) is 4.31. The number of rotatable bonds is 6. The van der Waals surface area contributed by atoms with Gasteiger partial charge >= 0.3 is 0 Å². The minimum absolute atomic E-state index is 0.0134. The highest BCUT2D eigenvalue weighted by molar-refractivity contribution is 7.98. The van der Waals surface area contributed by atoms with Crippen LogP contribution in [-0.4, -0.2) is 10.5 Å². The molecule has 0 atom stereocenters. The molecule has 162 valence electrons. The first-order chi connectivity index (χ1) is 16.2. The van der Waals surface area contributed by atoms with Gasteiger partial charge in [-0.15, -0.1) is 11.8 Å². The molecule has 0 saturated heterocycles. The highest BCUT2D eigenvalue weighted by Crippen LogP contribution is 2.30. The molecule has 1 amide bonds. The molecule has 0 bridgehead atoms. The van der Waals surface area contributed by atoms with Gasteiger partial charge < -0.3 is 9.88 Å². The number of carbonyl (C=O) groups excluding carboxylic acids is 1. The van der Waals surface area contributed by atoms with Crippen molar-refractivity contribution in [3.8, 4) is 0 Å². The summed E-state index contributed by atoms with van der Waals surface area (Å²) in [5.74, 6) is 0.685. The Kier molecular flexibility index (Phi) is 5.96. The van der Waals surface area contributed by atoms with Crippen LogP contribution in [0.4, 0.5) is 5.69 Å². The third-order valence-corrected chi connectivity index (χ3v) is 6.72. The van der Waals surface area contributed by atoms with Gasteiger partial charge in [0.25, 0.3) is 0 Å². The van der Waals surface area contributed by atoms with Crippen molar-refractivity contribution in [3.05, 3.63) is 119 Å². The molecule has 0 aliphatic heterocycles. The van der Waals surface area contributed by atoms with Crippen molar-refractivity contribution in [2.24, 2.45) is 0 Å². The van der Waals surface area contributed by atoms with Crippen LogP contribution >= 0.6 is 11.8 Å². The van der Waals surface area contributed by atoms with E-state index in [1.807, 2.05) is 95.6 Å². The maximum Gasteiger partial charge on any atom is 0.244 e. The molecule has 5 heteroatoms. The average Bonchev–Trinajstić information content (AvgIpc) is 2.87. The molecule has 0 unspecified atom stereocenters. The number of aromatic nitrogens is 1. The molecule has 5 rings (SSSR count). The number of nitrogens with one attached hydrogen (secondary N) is 1. The number of pyridine rings is 1. The maximum absolute atomic E-state index is 13.2. The molecule has 1 N–H and O–H groups in total. The lowest BCUT2D eigenvalue weighted by atomic mass is 10.1. The van der Waals surface area contributed by atoms with E-state index in [0.717, 1.165) is 27.4 Å². The van der Waals surface area contributed by atoms with E-state index in [-0.39, 0.29) is 17.9 Å². The summed E-state index contributed by atoms with van der Waals surface area (Å²) in [5.41, 5.74) is 3.51. The second-order valence-electron chi connectivity index (χ2n) is 7.77. The van der Waals surface area contributed by atoms with Crippen LogP contribution in [0, 0.1) is 0 Å². The Labute approximate surface area is 195 Å². The third-order valence-electron chi connectivity index (χ3n) is 5.58. The molecule has 4 nitrogen and oxygen atoms in total. The van der Waals surface area contributed by atoms with Crippen molar-refractivity contribution in [2.45, 2.75) is 17.2 Å². The Morgan fingerprint density at radius 1 is 0.727 bits per heavy atom. The largest absolute Gasteiger partial charge is 0.331 e. The van der Waals surface area contributed by atoms with Gasteiger partial charge in [-0.1, -0.05) is 66.7 Å². The molecule has 0 radical (unpaired) electrons. The number of nitrogens with zero attached hydrogens (tertiary/aromatic N) is 1. The van der Waals surface area contributed by atoms with Gasteiger partial charge in [-0.2, -0.15) is 0 Å². The topological polar surface area (TPSA) is 51.1 Å². The molecule has 5 aromatic rings. The summed E-state index contributed by atoms with van der Waals surface area (Å²) in [6.45, 7) is 0.110. The van der Waals surface area contributed by atoms with Crippen molar-refractivity contribution in [1.29, 1.82) is 0 Å². The highest BCUT2D eigenvalue weighted by Gasteiger charge is 2.14. The van der Waals surface area contributed by atoms with E-state index >= 15 is 0 Å². The molecule has 0 aliphatic rings. The quantitative estimate of drug-likeness (QED) is 0.252. The first-order valence-electron chi connectivity index (χ1n) is 10.8. The van der Waals surface area contributed by atoms with Gasteiger partial charge in [-0.05, 0) is 42.0 Å². The minimum atomic E-state index is -0.137. The Balaban J connectivity index is 1.44. The number of benzene rings is 4. The van der Waals surface area contributed by atoms with E-state index in [4.69, 9.17) is 0 Å². The van der Waals surface area contributed by atoms with E-state index in [1.165, 1.54) is 5.56 Å². The third kappa shape index (κ3) is 4.41. The fourth-order valence-electron chi connectivity index (χ4n) is 4.01. The van der Waals surface area contributed by atoms with Gasteiger partial charge in [0, 0.05) is 21.4 Å². The Morgan fingerprint density at radius 3 is 2.00 bits per heavy atom. The predicted octanol–water partition coefficient (Wildman–Crippen LogP) is 6.09. The molecule has 0 spiro atoms. The number of hydrogen-bond acceptors (Lipinski definition) is 3. The van der Waals surface area contributed by atoms with E-state index in [0.29, 0.717) is 10.8 Å². The zero-order valence-electron chi connectivity index (χ0n) is 17.9. The zero-order valence-corrected chi connectivity index (χ0v) is 18.7. The van der Waals surface area contributed by atoms with E-state index in [1.54, 1.807) is 11.8 Å². The summed E-state index contributed by atoms with van der Waals surface area (Å²) >= 11 is 1.69. The first-order valence-corrected chi connectivity index (χ1v) is 11.7. The maximum atomic E-state index is 13.2. The van der Waals surface area contributed by atoms with Crippen molar-refractivity contribution < 1.29 is 4.79 Å². The molecule has 1 aromatic heterocycles. The highest BCUT2D eigenvalue weighted by atomic mass is 32.2. The van der Waals surface area contributed by atoms with Crippen molar-refractivity contribution in [2.75, 3.05) is 5.32 Å². The SMILES string of the molecule is O=C(Cn1c2ccccc2c(=O)c2ccccc21)Nc1ccccc1SCc1ccccc1. The molecular weight excluding hydrogens is 428 g/mol. The fourth-order valence-corrected chi connectivity index (χ4v) is 4.98. The molecule has 1 heterocycles. The summed E-state index contributed by atoms with van der Waals surface area (Å²) < 4.78 is 1.92. The number of hydrogen-bond donors (Lipinski definition) is 1.